The zero-order chi connectivity index (χ0) is 29.8. The highest BCUT2D eigenvalue weighted by atomic mass is 16.5. The van der Waals surface area contributed by atoms with E-state index in [2.05, 4.69) is 59.3 Å². The number of nitriles is 1. The van der Waals surface area contributed by atoms with Crippen molar-refractivity contribution < 1.29 is 19.3 Å². The van der Waals surface area contributed by atoms with E-state index in [4.69, 9.17) is 14.2 Å². The van der Waals surface area contributed by atoms with Crippen LogP contribution >= 0.6 is 0 Å². The first kappa shape index (κ1) is 28.7. The molecule has 1 aliphatic heterocycles. The van der Waals surface area contributed by atoms with E-state index < -0.39 is 0 Å². The highest BCUT2D eigenvalue weighted by molar-refractivity contribution is 5.69. The van der Waals surface area contributed by atoms with Gasteiger partial charge in [-0.3, -0.25) is 9.88 Å². The second kappa shape index (κ2) is 12.9. The average Bonchev–Trinajstić information content (AvgIpc) is 3.53. The number of rotatable bonds is 11. The second-order valence-electron chi connectivity index (χ2n) is 11.4. The summed E-state index contributed by atoms with van der Waals surface area (Å²) < 4.78 is 18.5. The summed E-state index contributed by atoms with van der Waals surface area (Å²) in [6, 6.07) is 20.7. The largest absolute Gasteiger partial charge is 0.497 e. The molecule has 3 aromatic carbocycles. The van der Waals surface area contributed by atoms with Gasteiger partial charge in [0.25, 0.3) is 0 Å². The molecule has 1 atom stereocenters. The van der Waals surface area contributed by atoms with Crippen molar-refractivity contribution in [2.75, 3.05) is 20.3 Å². The van der Waals surface area contributed by atoms with Crippen LogP contribution in [0.2, 0.25) is 0 Å². The van der Waals surface area contributed by atoms with Crippen LogP contribution in [0.4, 0.5) is 0 Å². The number of aromatic nitrogens is 1. The Morgan fingerprint density at radius 2 is 1.84 bits per heavy atom. The molecular formula is C36H37N3O4. The van der Waals surface area contributed by atoms with Gasteiger partial charge in [-0.1, -0.05) is 30.3 Å². The quantitative estimate of drug-likeness (QED) is 0.230. The topological polar surface area (TPSA) is 87.8 Å². The Morgan fingerprint density at radius 3 is 2.63 bits per heavy atom. The fraction of sp³-hybridized carbons (Fsp3) is 0.333. The first-order chi connectivity index (χ1) is 21.1. The predicted octanol–water partition coefficient (Wildman–Crippen LogP) is 6.15. The van der Waals surface area contributed by atoms with Crippen LogP contribution in [0.3, 0.4) is 0 Å². The van der Waals surface area contributed by atoms with Crippen LogP contribution in [0, 0.1) is 18.3 Å². The highest BCUT2D eigenvalue weighted by Gasteiger charge is 2.31. The summed E-state index contributed by atoms with van der Waals surface area (Å²) in [4.78, 5) is 6.52. The molecule has 1 N–H and O–H groups in total. The maximum atomic E-state index is 9.83. The molecule has 0 amide bonds. The molecule has 7 heteroatoms. The van der Waals surface area contributed by atoms with Crippen LogP contribution in [0.25, 0.3) is 11.1 Å². The second-order valence-corrected chi connectivity index (χ2v) is 11.4. The van der Waals surface area contributed by atoms with Crippen LogP contribution in [0.15, 0.2) is 67.0 Å². The van der Waals surface area contributed by atoms with Crippen LogP contribution < -0.4 is 14.2 Å². The van der Waals surface area contributed by atoms with E-state index in [-0.39, 0.29) is 12.6 Å². The molecule has 6 rings (SSSR count). The Kier molecular flexibility index (Phi) is 8.59. The number of methoxy groups -OCH3 is 1. The van der Waals surface area contributed by atoms with Gasteiger partial charge < -0.3 is 19.3 Å². The van der Waals surface area contributed by atoms with Crippen molar-refractivity contribution in [3.8, 4) is 34.4 Å². The average molecular weight is 576 g/mol. The van der Waals surface area contributed by atoms with E-state index in [1.807, 2.05) is 18.2 Å². The molecule has 0 radical (unpaired) electrons. The Morgan fingerprint density at radius 1 is 1.00 bits per heavy atom. The van der Waals surface area contributed by atoms with Crippen molar-refractivity contribution in [1.82, 2.24) is 9.88 Å². The summed E-state index contributed by atoms with van der Waals surface area (Å²) >= 11 is 0. The van der Waals surface area contributed by atoms with Crippen molar-refractivity contribution in [1.29, 1.82) is 5.26 Å². The normalized spacial score (nSPS) is 15.8. The molecule has 0 bridgehead atoms. The van der Waals surface area contributed by atoms with Gasteiger partial charge in [0.15, 0.2) is 0 Å². The lowest BCUT2D eigenvalue weighted by Gasteiger charge is -2.40. The van der Waals surface area contributed by atoms with Gasteiger partial charge in [-0.15, -0.1) is 0 Å². The van der Waals surface area contributed by atoms with Gasteiger partial charge in [0.1, 0.15) is 36.5 Å². The lowest BCUT2D eigenvalue weighted by atomic mass is 9.96. The molecule has 1 saturated heterocycles. The van der Waals surface area contributed by atoms with Crippen molar-refractivity contribution in [3.63, 3.8) is 0 Å². The van der Waals surface area contributed by atoms with Gasteiger partial charge in [0.2, 0.25) is 0 Å². The number of likely N-dealkylation sites (tertiary alicyclic amines) is 1. The number of aliphatic hydroxyl groups is 1. The van der Waals surface area contributed by atoms with Crippen LogP contribution in [-0.2, 0) is 32.6 Å². The van der Waals surface area contributed by atoms with Crippen LogP contribution in [0.1, 0.15) is 51.8 Å². The number of benzene rings is 3. The fourth-order valence-electron chi connectivity index (χ4n) is 6.22. The maximum Gasteiger partial charge on any atom is 0.128 e. The first-order valence-electron chi connectivity index (χ1n) is 14.9. The minimum atomic E-state index is 0.167. The molecule has 7 nitrogen and oxygen atoms in total. The lowest BCUT2D eigenvalue weighted by molar-refractivity contribution is 0.0346. The summed E-state index contributed by atoms with van der Waals surface area (Å²) in [5, 5.41) is 19.1. The summed E-state index contributed by atoms with van der Waals surface area (Å²) in [6.07, 6.45) is 7.33. The van der Waals surface area contributed by atoms with Crippen molar-refractivity contribution in [2.24, 2.45) is 0 Å². The maximum absolute atomic E-state index is 9.83. The summed E-state index contributed by atoms with van der Waals surface area (Å²) in [5.41, 5.74) is 9.68. The third kappa shape index (κ3) is 6.08. The molecule has 220 valence electrons. The monoisotopic (exact) mass is 575 g/mol. The standard InChI is InChI=1S/C36H37N3O4/c1-24-28(7-4-9-31(24)27-6-3-8-30(15-27)41-2)23-43-35-16-36(42-22-26-14-25(17-37)18-38-19-26)34(32-10-5-11-33(32)35)20-39-13-12-29(39)21-40/h3-4,6-9,14-16,18-19,29,40H,5,10-13,20-23H2,1-2H3. The Balaban J connectivity index is 1.30. The molecule has 1 unspecified atom stereocenters. The van der Waals surface area contributed by atoms with E-state index in [1.165, 1.54) is 22.3 Å². The summed E-state index contributed by atoms with van der Waals surface area (Å²) in [5.74, 6) is 2.49. The van der Waals surface area contributed by atoms with E-state index in [0.29, 0.717) is 18.8 Å². The van der Waals surface area contributed by atoms with Gasteiger partial charge in [0, 0.05) is 48.7 Å². The van der Waals surface area contributed by atoms with E-state index >= 15 is 0 Å². The van der Waals surface area contributed by atoms with Gasteiger partial charge in [-0.25, -0.2) is 0 Å². The van der Waals surface area contributed by atoms with Gasteiger partial charge in [0.05, 0.1) is 19.3 Å². The van der Waals surface area contributed by atoms with Crippen molar-refractivity contribution in [3.05, 3.63) is 106 Å². The number of ether oxygens (including phenoxy) is 3. The number of hydrogen-bond acceptors (Lipinski definition) is 7. The first-order valence-corrected chi connectivity index (χ1v) is 14.9. The number of aliphatic hydroxyl groups excluding tert-OH is 1. The zero-order valence-electron chi connectivity index (χ0n) is 24.8. The number of pyridine rings is 1. The third-order valence-electron chi connectivity index (χ3n) is 8.81. The zero-order valence-corrected chi connectivity index (χ0v) is 24.8. The predicted molar refractivity (Wildman–Crippen MR) is 165 cm³/mol. The molecular weight excluding hydrogens is 538 g/mol. The molecule has 1 fully saturated rings. The van der Waals surface area contributed by atoms with Gasteiger partial charge in [-0.05, 0) is 84.2 Å². The third-order valence-corrected chi connectivity index (χ3v) is 8.81. The number of nitrogens with zero attached hydrogens (tertiary/aromatic N) is 3. The number of fused-ring (bicyclic) bond motifs is 1. The number of hydrogen-bond donors (Lipinski definition) is 1. The Hall–Kier alpha value is -4.38. The van der Waals surface area contributed by atoms with Crippen LogP contribution in [-0.4, -0.2) is 41.3 Å². The highest BCUT2D eigenvalue weighted by Crippen LogP contribution is 2.41. The van der Waals surface area contributed by atoms with E-state index in [9.17, 15) is 10.4 Å². The Bertz CT molecular complexity index is 1660. The molecule has 43 heavy (non-hydrogen) atoms. The smallest absolute Gasteiger partial charge is 0.128 e. The van der Waals surface area contributed by atoms with E-state index in [1.54, 1.807) is 19.5 Å². The van der Waals surface area contributed by atoms with Crippen molar-refractivity contribution in [2.45, 2.75) is 58.4 Å². The Labute approximate surface area is 253 Å². The minimum absolute atomic E-state index is 0.167. The summed E-state index contributed by atoms with van der Waals surface area (Å²) in [7, 11) is 1.69. The molecule has 0 spiro atoms. The van der Waals surface area contributed by atoms with Gasteiger partial charge >= 0.3 is 0 Å². The molecule has 1 aliphatic carbocycles. The SMILES string of the molecule is COc1cccc(-c2cccc(COc3cc(OCc4cncc(C#N)c4)c(CN4CCC4CO)c4c3CCC4)c2C)c1. The van der Waals surface area contributed by atoms with Crippen molar-refractivity contribution >= 4 is 0 Å². The van der Waals surface area contributed by atoms with E-state index in [0.717, 1.165) is 78.3 Å². The van der Waals surface area contributed by atoms with Crippen LogP contribution in [0.5, 0.6) is 17.2 Å². The summed E-state index contributed by atoms with van der Waals surface area (Å²) in [6.45, 7) is 4.76. The fourth-order valence-corrected chi connectivity index (χ4v) is 6.22. The molecule has 2 aliphatic rings. The molecule has 4 aromatic rings. The lowest BCUT2D eigenvalue weighted by Crippen LogP contribution is -2.49. The minimum Gasteiger partial charge on any atom is -0.497 e. The molecule has 0 saturated carbocycles. The molecule has 2 heterocycles. The molecule has 1 aromatic heterocycles. The van der Waals surface area contributed by atoms with Gasteiger partial charge in [-0.2, -0.15) is 5.26 Å².